The van der Waals surface area contributed by atoms with Crippen molar-refractivity contribution in [3.63, 3.8) is 0 Å². The summed E-state index contributed by atoms with van der Waals surface area (Å²) in [4.78, 5) is 6.09. The van der Waals surface area contributed by atoms with Crippen LogP contribution >= 0.6 is 0 Å². The topological polar surface area (TPSA) is 69.6 Å². The fourth-order valence-electron chi connectivity index (χ4n) is 1.79. The van der Waals surface area contributed by atoms with Crippen LogP contribution in [0.2, 0.25) is 0 Å². The molecule has 17 heavy (non-hydrogen) atoms. The smallest absolute Gasteiger partial charge is 0.0958 e. The molecule has 0 aliphatic heterocycles. The first-order chi connectivity index (χ1) is 8.06. The average molecular weight is 231 g/mol. The maximum absolute atomic E-state index is 5.91. The van der Waals surface area contributed by atoms with Crippen molar-refractivity contribution in [3.8, 4) is 0 Å². The standard InChI is InChI=1S/C12H17N5/c1-9-5-4-6-10(15-9)12(2,8-13)11-7-14-17(3)16-11/h4-7H,8,13H2,1-3H3. The van der Waals surface area contributed by atoms with E-state index < -0.39 is 0 Å². The van der Waals surface area contributed by atoms with Gasteiger partial charge in [-0.15, -0.1) is 0 Å². The van der Waals surface area contributed by atoms with Gasteiger partial charge in [-0.2, -0.15) is 15.0 Å². The second kappa shape index (κ2) is 4.25. The Kier molecular flexibility index (Phi) is 2.93. The van der Waals surface area contributed by atoms with Crippen molar-refractivity contribution in [3.05, 3.63) is 41.5 Å². The number of hydrogen-bond acceptors (Lipinski definition) is 4. The number of aryl methyl sites for hydroxylation is 2. The van der Waals surface area contributed by atoms with E-state index in [0.717, 1.165) is 17.1 Å². The highest BCUT2D eigenvalue weighted by atomic mass is 15.4. The number of hydrogen-bond donors (Lipinski definition) is 1. The van der Waals surface area contributed by atoms with E-state index in [-0.39, 0.29) is 5.41 Å². The molecule has 1 unspecified atom stereocenters. The van der Waals surface area contributed by atoms with Crippen molar-refractivity contribution in [2.45, 2.75) is 19.3 Å². The summed E-state index contributed by atoms with van der Waals surface area (Å²) in [5, 5.41) is 8.45. The molecule has 0 aliphatic rings. The summed E-state index contributed by atoms with van der Waals surface area (Å²) in [5.74, 6) is 0. The van der Waals surface area contributed by atoms with Gasteiger partial charge in [0.05, 0.1) is 23.0 Å². The zero-order valence-electron chi connectivity index (χ0n) is 10.4. The predicted octanol–water partition coefficient (Wildman–Crippen LogP) is 0.783. The van der Waals surface area contributed by atoms with Gasteiger partial charge in [0, 0.05) is 19.3 Å². The van der Waals surface area contributed by atoms with Gasteiger partial charge in [-0.25, -0.2) is 0 Å². The first-order valence-electron chi connectivity index (χ1n) is 5.57. The molecule has 0 bridgehead atoms. The van der Waals surface area contributed by atoms with E-state index in [1.165, 1.54) is 0 Å². The maximum atomic E-state index is 5.91. The largest absolute Gasteiger partial charge is 0.329 e. The van der Waals surface area contributed by atoms with E-state index in [1.54, 1.807) is 18.0 Å². The molecule has 2 N–H and O–H groups in total. The molecule has 2 rings (SSSR count). The third kappa shape index (κ3) is 2.06. The van der Waals surface area contributed by atoms with Crippen LogP contribution in [0.15, 0.2) is 24.4 Å². The third-order valence-electron chi connectivity index (χ3n) is 3.03. The zero-order valence-corrected chi connectivity index (χ0v) is 10.4. The maximum Gasteiger partial charge on any atom is 0.0958 e. The molecule has 5 nitrogen and oxygen atoms in total. The quantitative estimate of drug-likeness (QED) is 0.847. The van der Waals surface area contributed by atoms with E-state index in [1.807, 2.05) is 32.0 Å². The number of aromatic nitrogens is 4. The molecule has 0 radical (unpaired) electrons. The SMILES string of the molecule is Cc1cccc(C(C)(CN)c2cnn(C)n2)n1. The molecule has 0 saturated carbocycles. The highest BCUT2D eigenvalue weighted by Crippen LogP contribution is 2.27. The van der Waals surface area contributed by atoms with Crippen molar-refractivity contribution in [1.29, 1.82) is 0 Å². The zero-order chi connectivity index (χ0) is 12.5. The summed E-state index contributed by atoms with van der Waals surface area (Å²) >= 11 is 0. The minimum atomic E-state index is -0.389. The summed E-state index contributed by atoms with van der Waals surface area (Å²) in [7, 11) is 1.80. The van der Waals surface area contributed by atoms with Crippen LogP contribution in [-0.4, -0.2) is 26.5 Å². The Morgan fingerprint density at radius 2 is 2.12 bits per heavy atom. The van der Waals surface area contributed by atoms with Crippen LogP contribution in [0.25, 0.3) is 0 Å². The Balaban J connectivity index is 2.51. The number of nitrogens with zero attached hydrogens (tertiary/aromatic N) is 4. The molecular formula is C12H17N5. The van der Waals surface area contributed by atoms with Crippen LogP contribution in [0, 0.1) is 6.92 Å². The molecule has 2 aromatic rings. The molecule has 90 valence electrons. The van der Waals surface area contributed by atoms with Gasteiger partial charge >= 0.3 is 0 Å². The molecule has 2 heterocycles. The summed E-state index contributed by atoms with van der Waals surface area (Å²) in [6.45, 7) is 4.46. The molecule has 2 aromatic heterocycles. The summed E-state index contributed by atoms with van der Waals surface area (Å²) in [6, 6.07) is 5.94. The number of nitrogens with two attached hydrogens (primary N) is 1. The lowest BCUT2D eigenvalue weighted by molar-refractivity contribution is 0.529. The molecule has 0 saturated heterocycles. The fraction of sp³-hybridized carbons (Fsp3) is 0.417. The van der Waals surface area contributed by atoms with Gasteiger partial charge in [0.1, 0.15) is 0 Å². The van der Waals surface area contributed by atoms with Crippen molar-refractivity contribution in [2.24, 2.45) is 12.8 Å². The number of rotatable bonds is 3. The molecule has 0 spiro atoms. The molecular weight excluding hydrogens is 214 g/mol. The predicted molar refractivity (Wildman–Crippen MR) is 65.5 cm³/mol. The van der Waals surface area contributed by atoms with E-state index in [0.29, 0.717) is 6.54 Å². The van der Waals surface area contributed by atoms with Gasteiger partial charge in [-0.3, -0.25) is 4.98 Å². The van der Waals surface area contributed by atoms with Gasteiger partial charge in [0.15, 0.2) is 0 Å². The summed E-state index contributed by atoms with van der Waals surface area (Å²) in [6.07, 6.45) is 1.75. The van der Waals surface area contributed by atoms with Crippen LogP contribution in [0.3, 0.4) is 0 Å². The monoisotopic (exact) mass is 231 g/mol. The van der Waals surface area contributed by atoms with Gasteiger partial charge in [0.25, 0.3) is 0 Å². The van der Waals surface area contributed by atoms with Crippen LogP contribution in [-0.2, 0) is 12.5 Å². The van der Waals surface area contributed by atoms with E-state index in [2.05, 4.69) is 15.2 Å². The Morgan fingerprint density at radius 3 is 2.65 bits per heavy atom. The number of pyridine rings is 1. The van der Waals surface area contributed by atoms with E-state index in [9.17, 15) is 0 Å². The first-order valence-corrected chi connectivity index (χ1v) is 5.57. The van der Waals surface area contributed by atoms with Crippen molar-refractivity contribution < 1.29 is 0 Å². The van der Waals surface area contributed by atoms with Gasteiger partial charge in [-0.1, -0.05) is 6.07 Å². The molecule has 0 aliphatic carbocycles. The van der Waals surface area contributed by atoms with Gasteiger partial charge in [-0.05, 0) is 26.0 Å². The Labute approximate surface area is 101 Å². The van der Waals surface area contributed by atoms with E-state index >= 15 is 0 Å². The second-order valence-electron chi connectivity index (χ2n) is 4.42. The lowest BCUT2D eigenvalue weighted by atomic mass is 9.83. The van der Waals surface area contributed by atoms with E-state index in [4.69, 9.17) is 5.73 Å². The summed E-state index contributed by atoms with van der Waals surface area (Å²) in [5.41, 5.74) is 8.28. The van der Waals surface area contributed by atoms with Crippen LogP contribution in [0.4, 0.5) is 0 Å². The second-order valence-corrected chi connectivity index (χ2v) is 4.42. The summed E-state index contributed by atoms with van der Waals surface area (Å²) < 4.78 is 0. The first kappa shape index (κ1) is 11.7. The Morgan fingerprint density at radius 1 is 1.35 bits per heavy atom. The average Bonchev–Trinajstić information content (AvgIpc) is 2.75. The lowest BCUT2D eigenvalue weighted by Gasteiger charge is -2.25. The van der Waals surface area contributed by atoms with Crippen molar-refractivity contribution >= 4 is 0 Å². The van der Waals surface area contributed by atoms with Crippen LogP contribution in [0.1, 0.15) is 24.0 Å². The molecule has 5 heteroatoms. The van der Waals surface area contributed by atoms with Gasteiger partial charge < -0.3 is 5.73 Å². The highest BCUT2D eigenvalue weighted by molar-refractivity contribution is 5.29. The normalized spacial score (nSPS) is 14.6. The highest BCUT2D eigenvalue weighted by Gasteiger charge is 2.31. The third-order valence-corrected chi connectivity index (χ3v) is 3.03. The van der Waals surface area contributed by atoms with Crippen LogP contribution in [0.5, 0.6) is 0 Å². The fourth-order valence-corrected chi connectivity index (χ4v) is 1.79. The lowest BCUT2D eigenvalue weighted by Crippen LogP contribution is -2.34. The molecule has 0 amide bonds. The Bertz CT molecular complexity index is 519. The van der Waals surface area contributed by atoms with Crippen molar-refractivity contribution in [1.82, 2.24) is 20.0 Å². The minimum absolute atomic E-state index is 0.389. The molecule has 1 atom stereocenters. The van der Waals surface area contributed by atoms with Crippen LogP contribution < -0.4 is 5.73 Å². The molecule has 0 aromatic carbocycles. The van der Waals surface area contributed by atoms with Gasteiger partial charge in [0.2, 0.25) is 0 Å². The molecule has 0 fully saturated rings. The van der Waals surface area contributed by atoms with Crippen molar-refractivity contribution in [2.75, 3.05) is 6.54 Å². The Hall–Kier alpha value is -1.75. The minimum Gasteiger partial charge on any atom is -0.329 e.